The van der Waals surface area contributed by atoms with E-state index in [0.29, 0.717) is 47.0 Å². The minimum absolute atomic E-state index is 0.0177. The Morgan fingerprint density at radius 3 is 2.75 bits per heavy atom. The van der Waals surface area contributed by atoms with Crippen molar-refractivity contribution in [3.05, 3.63) is 97.7 Å². The van der Waals surface area contributed by atoms with Gasteiger partial charge in [0.25, 0.3) is 5.91 Å². The molecule has 0 aliphatic carbocycles. The quantitative estimate of drug-likeness (QED) is 0.235. The first-order chi connectivity index (χ1) is 19.2. The maximum atomic E-state index is 13.6. The zero-order chi connectivity index (χ0) is 28.4. The molecule has 4 aromatic rings. The van der Waals surface area contributed by atoms with Crippen molar-refractivity contribution in [3.8, 4) is 0 Å². The van der Waals surface area contributed by atoms with Crippen molar-refractivity contribution in [2.24, 2.45) is 0 Å². The number of ether oxygens (including phenoxy) is 1. The van der Waals surface area contributed by atoms with Crippen LogP contribution in [0.25, 0.3) is 0 Å². The molecule has 0 N–H and O–H groups in total. The monoisotopic (exact) mass is 628 g/mol. The molecule has 0 saturated carbocycles. The largest absolute Gasteiger partial charge is 0.370 e. The van der Waals surface area contributed by atoms with Gasteiger partial charge in [-0.1, -0.05) is 35.0 Å². The van der Waals surface area contributed by atoms with Crippen molar-refractivity contribution < 1.29 is 13.9 Å². The molecule has 5 rings (SSSR count). The van der Waals surface area contributed by atoms with Crippen LogP contribution in [0.2, 0.25) is 5.02 Å². The number of amides is 1. The minimum atomic E-state index is -0.305. The molecule has 1 unspecified atom stereocenters. The molecule has 1 aliphatic rings. The normalized spacial score (nSPS) is 16.4. The van der Waals surface area contributed by atoms with Gasteiger partial charge in [-0.3, -0.25) is 9.48 Å². The van der Waals surface area contributed by atoms with Crippen molar-refractivity contribution >= 4 is 33.4 Å². The second-order valence-corrected chi connectivity index (χ2v) is 11.5. The van der Waals surface area contributed by atoms with Gasteiger partial charge in [-0.2, -0.15) is 5.10 Å². The second kappa shape index (κ2) is 12.2. The average molecular weight is 630 g/mol. The summed E-state index contributed by atoms with van der Waals surface area (Å²) in [5.74, 6) is -0.323. The first-order valence-corrected chi connectivity index (χ1v) is 14.4. The van der Waals surface area contributed by atoms with E-state index in [1.165, 1.54) is 6.07 Å². The summed E-state index contributed by atoms with van der Waals surface area (Å²) >= 11 is 9.25. The molecular weight excluding hydrogens is 599 g/mol. The third kappa shape index (κ3) is 6.29. The van der Waals surface area contributed by atoms with Gasteiger partial charge in [-0.05, 0) is 84.9 Å². The van der Waals surface area contributed by atoms with E-state index in [9.17, 15) is 9.18 Å². The van der Waals surface area contributed by atoms with Gasteiger partial charge in [0.05, 0.1) is 47.2 Å². The molecule has 0 spiro atoms. The number of nitrogens with zero attached hydrogens (tertiary/aromatic N) is 6. The summed E-state index contributed by atoms with van der Waals surface area (Å²) in [6.45, 7) is 7.85. The molecule has 210 valence electrons. The Labute approximate surface area is 246 Å². The Morgan fingerprint density at radius 2 is 2.00 bits per heavy atom. The van der Waals surface area contributed by atoms with Crippen LogP contribution in [-0.4, -0.2) is 54.8 Å². The molecule has 8 nitrogen and oxygen atoms in total. The van der Waals surface area contributed by atoms with Crippen LogP contribution in [0.4, 0.5) is 4.39 Å². The molecule has 40 heavy (non-hydrogen) atoms. The first-order valence-electron chi connectivity index (χ1n) is 13.2. The molecule has 11 heteroatoms. The first kappa shape index (κ1) is 28.4. The molecule has 3 heterocycles. The van der Waals surface area contributed by atoms with E-state index in [1.54, 1.807) is 16.8 Å². The number of likely N-dealkylation sites (tertiary alicyclic amines) is 1. The van der Waals surface area contributed by atoms with Crippen LogP contribution in [0.5, 0.6) is 0 Å². The zero-order valence-corrected chi connectivity index (χ0v) is 25.0. The molecule has 1 fully saturated rings. The van der Waals surface area contributed by atoms with E-state index in [0.717, 1.165) is 35.4 Å². The fourth-order valence-electron chi connectivity index (χ4n) is 5.04. The number of benzene rings is 2. The molecule has 0 bridgehead atoms. The number of rotatable bonds is 8. The third-order valence-electron chi connectivity index (χ3n) is 7.35. The number of halogens is 3. The van der Waals surface area contributed by atoms with E-state index in [1.807, 2.05) is 60.8 Å². The lowest BCUT2D eigenvalue weighted by Gasteiger charge is -2.32. The molecule has 1 amide bonds. The number of carbonyl (C=O) groups excluding carboxylic acids is 1. The highest BCUT2D eigenvalue weighted by atomic mass is 79.9. The maximum absolute atomic E-state index is 13.6. The zero-order valence-electron chi connectivity index (χ0n) is 22.6. The van der Waals surface area contributed by atoms with Gasteiger partial charge in [0.15, 0.2) is 0 Å². The minimum Gasteiger partial charge on any atom is -0.370 e. The van der Waals surface area contributed by atoms with Crippen molar-refractivity contribution in [1.82, 2.24) is 29.7 Å². The summed E-state index contributed by atoms with van der Waals surface area (Å²) < 4.78 is 23.8. The third-order valence-corrected chi connectivity index (χ3v) is 8.21. The van der Waals surface area contributed by atoms with Gasteiger partial charge in [-0.25, -0.2) is 9.07 Å². The number of hydrogen-bond donors (Lipinski definition) is 0. The van der Waals surface area contributed by atoms with Crippen LogP contribution in [0.3, 0.4) is 0 Å². The number of aryl methyl sites for hydroxylation is 1. The van der Waals surface area contributed by atoms with Crippen molar-refractivity contribution in [1.29, 1.82) is 0 Å². The van der Waals surface area contributed by atoms with Crippen LogP contribution >= 0.6 is 27.5 Å². The lowest BCUT2D eigenvalue weighted by molar-refractivity contribution is -0.00793. The van der Waals surface area contributed by atoms with Gasteiger partial charge in [0.1, 0.15) is 11.5 Å². The maximum Gasteiger partial charge on any atom is 0.257 e. The summed E-state index contributed by atoms with van der Waals surface area (Å²) in [4.78, 5) is 15.4. The highest BCUT2D eigenvalue weighted by molar-refractivity contribution is 9.10. The van der Waals surface area contributed by atoms with Gasteiger partial charge < -0.3 is 9.64 Å². The van der Waals surface area contributed by atoms with Crippen LogP contribution < -0.4 is 0 Å². The molecule has 0 radical (unpaired) electrons. The van der Waals surface area contributed by atoms with Gasteiger partial charge in [0, 0.05) is 23.8 Å². The summed E-state index contributed by atoms with van der Waals surface area (Å²) in [5, 5.41) is 13.8. The van der Waals surface area contributed by atoms with Crippen LogP contribution in [0.1, 0.15) is 64.4 Å². The van der Waals surface area contributed by atoms with Crippen LogP contribution in [0.15, 0.2) is 53.1 Å². The Bertz CT molecular complexity index is 1500. The standard InChI is InChI=1S/C29H31BrClFN6O2/c1-18-28(20(3)37(34-18)14-21-6-9-23(31)10-7-21)29(39)36-12-4-5-25(16-36)40-17-24-15-38(35-33-24)19(2)22-8-11-27(32)26(30)13-22/h6-11,13,15,19,25H,4-5,12,14,16-17H2,1-3H3/t19-,25?/m1/s1. The average Bonchev–Trinajstić information content (AvgIpc) is 3.53. The van der Waals surface area contributed by atoms with E-state index in [2.05, 4.69) is 31.3 Å². The van der Waals surface area contributed by atoms with E-state index >= 15 is 0 Å². The molecule has 1 saturated heterocycles. The van der Waals surface area contributed by atoms with E-state index in [4.69, 9.17) is 16.3 Å². The topological polar surface area (TPSA) is 78.1 Å². The number of piperidine rings is 1. The van der Waals surface area contributed by atoms with Crippen molar-refractivity contribution in [2.45, 2.75) is 58.9 Å². The molecule has 2 aromatic carbocycles. The van der Waals surface area contributed by atoms with E-state index < -0.39 is 0 Å². The fourth-order valence-corrected chi connectivity index (χ4v) is 5.56. The molecular formula is C29H31BrClFN6O2. The number of aromatic nitrogens is 5. The van der Waals surface area contributed by atoms with Gasteiger partial charge >= 0.3 is 0 Å². The Morgan fingerprint density at radius 1 is 1.23 bits per heavy atom. The van der Waals surface area contributed by atoms with Crippen LogP contribution in [0, 0.1) is 19.7 Å². The molecule has 2 aromatic heterocycles. The molecule has 2 atom stereocenters. The Balaban J connectivity index is 1.20. The summed E-state index contributed by atoms with van der Waals surface area (Å²) in [5.41, 5.74) is 4.90. The lowest BCUT2D eigenvalue weighted by atomic mass is 10.1. The highest BCUT2D eigenvalue weighted by Crippen LogP contribution is 2.25. The summed E-state index contributed by atoms with van der Waals surface area (Å²) in [6.07, 6.45) is 3.47. The Hall–Kier alpha value is -3.08. The Kier molecular flexibility index (Phi) is 8.68. The predicted molar refractivity (Wildman–Crippen MR) is 154 cm³/mol. The number of hydrogen-bond acceptors (Lipinski definition) is 5. The van der Waals surface area contributed by atoms with E-state index in [-0.39, 0.29) is 23.9 Å². The highest BCUT2D eigenvalue weighted by Gasteiger charge is 2.29. The smallest absolute Gasteiger partial charge is 0.257 e. The number of carbonyl (C=O) groups is 1. The predicted octanol–water partition coefficient (Wildman–Crippen LogP) is 6.13. The van der Waals surface area contributed by atoms with Crippen molar-refractivity contribution in [2.75, 3.05) is 13.1 Å². The SMILES string of the molecule is Cc1nn(Cc2ccc(Cl)cc2)c(C)c1C(=O)N1CCCC(OCc2cn([C@H](C)c3ccc(F)c(Br)c3)nn2)C1. The van der Waals surface area contributed by atoms with Gasteiger partial charge in [0.2, 0.25) is 0 Å². The summed E-state index contributed by atoms with van der Waals surface area (Å²) in [7, 11) is 0. The lowest BCUT2D eigenvalue weighted by Crippen LogP contribution is -2.43. The van der Waals surface area contributed by atoms with Crippen LogP contribution in [-0.2, 0) is 17.9 Å². The van der Waals surface area contributed by atoms with Gasteiger partial charge in [-0.15, -0.1) is 5.10 Å². The molecule has 1 aliphatic heterocycles. The fraction of sp³-hybridized carbons (Fsp3) is 0.379. The summed E-state index contributed by atoms with van der Waals surface area (Å²) in [6, 6.07) is 12.4. The second-order valence-electron chi connectivity index (χ2n) is 10.2. The van der Waals surface area contributed by atoms with Crippen molar-refractivity contribution in [3.63, 3.8) is 0 Å².